The number of nitrogens with zero attached hydrogens (tertiary/aromatic N) is 1. The molecule has 1 aliphatic rings. The van der Waals surface area contributed by atoms with Gasteiger partial charge in [-0.3, -0.25) is 0 Å². The number of nitrogens with one attached hydrogen (secondary N) is 1. The molecule has 0 bridgehead atoms. The maximum atomic E-state index is 11.8. The van der Waals surface area contributed by atoms with Crippen LogP contribution in [0.3, 0.4) is 0 Å². The third-order valence-corrected chi connectivity index (χ3v) is 3.31. The van der Waals surface area contributed by atoms with Gasteiger partial charge in [-0.2, -0.15) is 5.06 Å². The quantitative estimate of drug-likeness (QED) is 0.809. The van der Waals surface area contributed by atoms with Crippen LogP contribution < -0.4 is 0 Å². The zero-order valence-electron chi connectivity index (χ0n) is 10.2. The fourth-order valence-corrected chi connectivity index (χ4v) is 2.32. The summed E-state index contributed by atoms with van der Waals surface area (Å²) in [5.74, 6) is -0.436. The number of hydroxylamine groups is 2. The van der Waals surface area contributed by atoms with Crippen LogP contribution in [0.4, 0.5) is 0 Å². The van der Waals surface area contributed by atoms with Crippen molar-refractivity contribution in [2.24, 2.45) is 0 Å². The molecule has 2 atom stereocenters. The summed E-state index contributed by atoms with van der Waals surface area (Å²) in [6.07, 6.45) is 3.39. The Morgan fingerprint density at radius 3 is 2.68 bits per heavy atom. The summed E-state index contributed by atoms with van der Waals surface area (Å²) in [5.41, 5.74) is 1.60. The van der Waals surface area contributed by atoms with Crippen LogP contribution in [0.2, 0.25) is 0 Å². The molecule has 2 N–H and O–H groups in total. The van der Waals surface area contributed by atoms with E-state index in [1.54, 1.807) is 18.5 Å². The molecule has 0 aliphatic carbocycles. The number of hydrogen-bond acceptors (Lipinski definition) is 4. The van der Waals surface area contributed by atoms with Crippen molar-refractivity contribution in [3.05, 3.63) is 59.9 Å². The topological polar surface area (TPSA) is 65.6 Å². The van der Waals surface area contributed by atoms with Crippen LogP contribution >= 0.6 is 0 Å². The van der Waals surface area contributed by atoms with Gasteiger partial charge in [0.25, 0.3) is 0 Å². The van der Waals surface area contributed by atoms with E-state index in [1.807, 2.05) is 30.3 Å². The highest BCUT2D eigenvalue weighted by molar-refractivity contribution is 5.78. The van der Waals surface area contributed by atoms with Crippen LogP contribution in [0.1, 0.15) is 23.2 Å². The van der Waals surface area contributed by atoms with E-state index < -0.39 is 12.0 Å². The highest BCUT2D eigenvalue weighted by Gasteiger charge is 2.39. The van der Waals surface area contributed by atoms with Gasteiger partial charge in [0.1, 0.15) is 6.61 Å². The Balaban J connectivity index is 1.92. The summed E-state index contributed by atoms with van der Waals surface area (Å²) in [7, 11) is 0. The lowest BCUT2D eigenvalue weighted by Crippen LogP contribution is -2.43. The molecule has 98 valence electrons. The molecular formula is C14H14N2O3. The van der Waals surface area contributed by atoms with E-state index in [0.717, 1.165) is 10.6 Å². The van der Waals surface area contributed by atoms with Crippen LogP contribution in [-0.4, -0.2) is 27.8 Å². The lowest BCUT2D eigenvalue weighted by Gasteiger charge is -2.35. The van der Waals surface area contributed by atoms with Gasteiger partial charge in [0.15, 0.2) is 6.04 Å². The molecule has 0 saturated carbocycles. The molecule has 5 nitrogen and oxygen atoms in total. The van der Waals surface area contributed by atoms with Gasteiger partial charge in [-0.1, -0.05) is 30.3 Å². The van der Waals surface area contributed by atoms with Crippen molar-refractivity contribution in [2.75, 3.05) is 6.61 Å². The molecular weight excluding hydrogens is 244 g/mol. The minimum atomic E-state index is -0.787. The highest BCUT2D eigenvalue weighted by Crippen LogP contribution is 2.33. The number of hydrogen-bond donors (Lipinski definition) is 2. The molecule has 1 aromatic heterocycles. The number of carbonyl (C=O) groups is 1. The average Bonchev–Trinajstić information content (AvgIpc) is 2.94. The lowest BCUT2D eigenvalue weighted by molar-refractivity contribution is -0.220. The van der Waals surface area contributed by atoms with Crippen LogP contribution in [0.5, 0.6) is 0 Å². The minimum Gasteiger partial charge on any atom is -0.462 e. The van der Waals surface area contributed by atoms with Gasteiger partial charge < -0.3 is 14.9 Å². The Morgan fingerprint density at radius 1 is 1.21 bits per heavy atom. The second-order valence-electron chi connectivity index (χ2n) is 4.48. The first-order valence-corrected chi connectivity index (χ1v) is 6.09. The molecule has 5 heteroatoms. The summed E-state index contributed by atoms with van der Waals surface area (Å²) >= 11 is 0. The van der Waals surface area contributed by atoms with Gasteiger partial charge >= 0.3 is 5.97 Å². The van der Waals surface area contributed by atoms with Crippen molar-refractivity contribution in [3.8, 4) is 0 Å². The SMILES string of the molecule is O=C1OC[C@@H](c2ccccc2)N(O)[C@@H]1c1cc[nH]c1. The van der Waals surface area contributed by atoms with E-state index in [-0.39, 0.29) is 12.6 Å². The van der Waals surface area contributed by atoms with Crippen LogP contribution in [-0.2, 0) is 9.53 Å². The van der Waals surface area contributed by atoms with Gasteiger partial charge in [0.05, 0.1) is 6.04 Å². The first-order valence-electron chi connectivity index (χ1n) is 6.09. The van der Waals surface area contributed by atoms with Crippen LogP contribution in [0, 0.1) is 0 Å². The standard InChI is InChI=1S/C14H14N2O3/c17-14-13(11-6-7-15-8-11)16(18)12(9-19-14)10-4-2-1-3-5-10/h1-8,12-13,15,18H,9H2/t12-,13+/m0/s1. The van der Waals surface area contributed by atoms with E-state index in [4.69, 9.17) is 4.74 Å². The van der Waals surface area contributed by atoms with Crippen LogP contribution in [0.15, 0.2) is 48.8 Å². The summed E-state index contributed by atoms with van der Waals surface area (Å²) < 4.78 is 5.20. The molecule has 0 spiro atoms. The van der Waals surface area contributed by atoms with Crippen molar-refractivity contribution >= 4 is 5.97 Å². The fourth-order valence-electron chi connectivity index (χ4n) is 2.32. The van der Waals surface area contributed by atoms with E-state index in [1.165, 1.54) is 0 Å². The van der Waals surface area contributed by atoms with Crippen LogP contribution in [0.25, 0.3) is 0 Å². The predicted molar refractivity (Wildman–Crippen MR) is 67.3 cm³/mol. The van der Waals surface area contributed by atoms with Gasteiger partial charge in [-0.15, -0.1) is 0 Å². The van der Waals surface area contributed by atoms with Gasteiger partial charge in [0.2, 0.25) is 0 Å². The van der Waals surface area contributed by atoms with E-state index in [9.17, 15) is 10.0 Å². The Morgan fingerprint density at radius 2 is 2.00 bits per heavy atom. The van der Waals surface area contributed by atoms with Crippen molar-refractivity contribution in [1.82, 2.24) is 10.0 Å². The number of aromatic amines is 1. The number of benzene rings is 1. The summed E-state index contributed by atoms with van der Waals surface area (Å²) in [6.45, 7) is 0.153. The van der Waals surface area contributed by atoms with E-state index in [2.05, 4.69) is 4.98 Å². The minimum absolute atomic E-state index is 0.153. The maximum absolute atomic E-state index is 11.8. The third-order valence-electron chi connectivity index (χ3n) is 3.31. The first kappa shape index (κ1) is 12.0. The Kier molecular flexibility index (Phi) is 3.06. The molecule has 1 aromatic carbocycles. The molecule has 2 aromatic rings. The van der Waals surface area contributed by atoms with E-state index >= 15 is 0 Å². The Bertz CT molecular complexity index is 553. The van der Waals surface area contributed by atoms with Gasteiger partial charge in [-0.05, 0) is 11.6 Å². The number of H-pyrrole nitrogens is 1. The molecule has 1 aliphatic heterocycles. The number of carbonyl (C=O) groups excluding carboxylic acids is 1. The van der Waals surface area contributed by atoms with Crippen molar-refractivity contribution in [2.45, 2.75) is 12.1 Å². The highest BCUT2D eigenvalue weighted by atomic mass is 16.6. The molecule has 0 unspecified atom stereocenters. The van der Waals surface area contributed by atoms with Gasteiger partial charge in [-0.25, -0.2) is 4.79 Å². The number of cyclic esters (lactones) is 1. The first-order chi connectivity index (χ1) is 9.27. The maximum Gasteiger partial charge on any atom is 0.330 e. The third kappa shape index (κ3) is 2.14. The molecule has 2 heterocycles. The van der Waals surface area contributed by atoms with Gasteiger partial charge in [0, 0.05) is 18.0 Å². The monoisotopic (exact) mass is 258 g/mol. The van der Waals surface area contributed by atoms with Crippen molar-refractivity contribution in [1.29, 1.82) is 0 Å². The fraction of sp³-hybridized carbons (Fsp3) is 0.214. The predicted octanol–water partition coefficient (Wildman–Crippen LogP) is 2.05. The molecule has 0 amide bonds. The van der Waals surface area contributed by atoms with Crippen molar-refractivity contribution in [3.63, 3.8) is 0 Å². The molecule has 0 radical (unpaired) electrons. The summed E-state index contributed by atoms with van der Waals surface area (Å²) in [4.78, 5) is 14.7. The summed E-state index contributed by atoms with van der Waals surface area (Å²) in [6, 6.07) is 10.1. The normalized spacial score (nSPS) is 24.2. The largest absolute Gasteiger partial charge is 0.462 e. The second-order valence-corrected chi connectivity index (χ2v) is 4.48. The second kappa shape index (κ2) is 4.87. The smallest absolute Gasteiger partial charge is 0.330 e. The molecule has 1 fully saturated rings. The average molecular weight is 258 g/mol. The van der Waals surface area contributed by atoms with E-state index in [0.29, 0.717) is 5.56 Å². The zero-order valence-corrected chi connectivity index (χ0v) is 10.2. The Hall–Kier alpha value is -2.11. The molecule has 3 rings (SSSR count). The number of esters is 1. The lowest BCUT2D eigenvalue weighted by atomic mass is 10.0. The molecule has 19 heavy (non-hydrogen) atoms. The number of rotatable bonds is 2. The molecule has 1 saturated heterocycles. The Labute approximate surface area is 110 Å². The van der Waals surface area contributed by atoms with Crippen molar-refractivity contribution < 1.29 is 14.7 Å². The zero-order chi connectivity index (χ0) is 13.2. The number of morpholine rings is 1. The summed E-state index contributed by atoms with van der Waals surface area (Å²) in [5, 5.41) is 11.4. The number of aromatic nitrogens is 1. The number of ether oxygens (including phenoxy) is 1.